The van der Waals surface area contributed by atoms with Crippen molar-refractivity contribution in [2.75, 3.05) is 32.8 Å². The summed E-state index contributed by atoms with van der Waals surface area (Å²) in [5.74, 6) is 0.303. The van der Waals surface area contributed by atoms with Crippen molar-refractivity contribution in [3.63, 3.8) is 0 Å². The van der Waals surface area contributed by atoms with Crippen LogP contribution >= 0.6 is 11.6 Å². The monoisotopic (exact) mass is 512 g/mol. The quantitative estimate of drug-likeness (QED) is 0.242. The number of aryl methyl sites for hydroxylation is 1. The third kappa shape index (κ3) is 5.52. The highest BCUT2D eigenvalue weighted by Crippen LogP contribution is 2.34. The van der Waals surface area contributed by atoms with Crippen molar-refractivity contribution in [3.8, 4) is 0 Å². The number of amides is 1. The summed E-state index contributed by atoms with van der Waals surface area (Å²) in [5.41, 5.74) is 3.99. The molecule has 0 spiro atoms. The number of halogens is 1. The van der Waals surface area contributed by atoms with Gasteiger partial charge in [0.2, 0.25) is 5.69 Å². The molecular formula is C28H37ClN4O3. The first-order valence-electron chi connectivity index (χ1n) is 12.9. The first-order valence-corrected chi connectivity index (χ1v) is 13.3. The molecule has 0 unspecified atom stereocenters. The van der Waals surface area contributed by atoms with Gasteiger partial charge in [-0.2, -0.15) is 4.73 Å². The average Bonchev–Trinajstić information content (AvgIpc) is 2.88. The Kier molecular flexibility index (Phi) is 8.20. The number of pyridine rings is 1. The number of piperidine rings is 2. The van der Waals surface area contributed by atoms with Gasteiger partial charge in [-0.3, -0.25) is 9.69 Å². The average molecular weight is 513 g/mol. The molecule has 1 amide bonds. The SMILES string of the molecule is CCO/N=C(/c1ccc(Cl)cc1)C1CCN(C2(C)CCN(C(=O)c3c(C)cc[n+]([O-])c3C)CC2)CC1. The first-order chi connectivity index (χ1) is 17.2. The van der Waals surface area contributed by atoms with E-state index < -0.39 is 0 Å². The van der Waals surface area contributed by atoms with Gasteiger partial charge in [-0.05, 0) is 82.8 Å². The van der Waals surface area contributed by atoms with Crippen LogP contribution in [-0.2, 0) is 4.84 Å². The van der Waals surface area contributed by atoms with E-state index in [0.29, 0.717) is 41.9 Å². The highest BCUT2D eigenvalue weighted by Gasteiger charge is 2.40. The minimum absolute atomic E-state index is 0.0318. The zero-order valence-electron chi connectivity index (χ0n) is 21.8. The van der Waals surface area contributed by atoms with E-state index in [9.17, 15) is 10.0 Å². The van der Waals surface area contributed by atoms with Crippen LogP contribution in [0.5, 0.6) is 0 Å². The Morgan fingerprint density at radius 2 is 1.78 bits per heavy atom. The molecule has 36 heavy (non-hydrogen) atoms. The fourth-order valence-electron chi connectivity index (χ4n) is 5.57. The number of oxime groups is 1. The molecule has 3 heterocycles. The maximum absolute atomic E-state index is 13.3. The third-order valence-electron chi connectivity index (χ3n) is 7.97. The van der Waals surface area contributed by atoms with Gasteiger partial charge < -0.3 is 14.9 Å². The van der Waals surface area contributed by atoms with Crippen molar-refractivity contribution in [2.45, 2.75) is 58.9 Å². The summed E-state index contributed by atoms with van der Waals surface area (Å²) in [4.78, 5) is 23.2. The predicted octanol–water partition coefficient (Wildman–Crippen LogP) is 4.74. The lowest BCUT2D eigenvalue weighted by Gasteiger charge is -2.49. The number of hydrogen-bond donors (Lipinski definition) is 0. The van der Waals surface area contributed by atoms with Crippen LogP contribution in [0.2, 0.25) is 5.02 Å². The number of hydrogen-bond acceptors (Lipinski definition) is 5. The molecule has 0 bridgehead atoms. The van der Waals surface area contributed by atoms with Gasteiger partial charge in [-0.1, -0.05) is 28.9 Å². The number of aromatic nitrogens is 1. The van der Waals surface area contributed by atoms with Crippen LogP contribution in [-0.4, -0.2) is 59.7 Å². The van der Waals surface area contributed by atoms with Crippen LogP contribution < -0.4 is 4.73 Å². The predicted molar refractivity (Wildman–Crippen MR) is 142 cm³/mol. The summed E-state index contributed by atoms with van der Waals surface area (Å²) >= 11 is 6.10. The Hall–Kier alpha value is -2.64. The molecule has 0 N–H and O–H groups in total. The van der Waals surface area contributed by atoms with Crippen molar-refractivity contribution in [3.05, 3.63) is 69.1 Å². The summed E-state index contributed by atoms with van der Waals surface area (Å²) in [6.07, 6.45) is 5.33. The van der Waals surface area contributed by atoms with Gasteiger partial charge in [-0.25, -0.2) is 0 Å². The maximum Gasteiger partial charge on any atom is 0.260 e. The molecule has 4 rings (SSSR count). The van der Waals surface area contributed by atoms with E-state index in [0.717, 1.165) is 60.3 Å². The Morgan fingerprint density at radius 3 is 2.39 bits per heavy atom. The molecule has 0 aliphatic carbocycles. The number of carbonyl (C=O) groups is 1. The summed E-state index contributed by atoms with van der Waals surface area (Å²) in [7, 11) is 0. The van der Waals surface area contributed by atoms with E-state index in [2.05, 4.69) is 17.0 Å². The molecule has 0 radical (unpaired) electrons. The molecule has 194 valence electrons. The second kappa shape index (κ2) is 11.2. The van der Waals surface area contributed by atoms with Crippen LogP contribution in [0.25, 0.3) is 0 Å². The largest absolute Gasteiger partial charge is 0.618 e. The molecule has 2 aliphatic rings. The van der Waals surface area contributed by atoms with Gasteiger partial charge in [0.1, 0.15) is 12.2 Å². The molecule has 2 aromatic rings. The van der Waals surface area contributed by atoms with Crippen LogP contribution in [0.3, 0.4) is 0 Å². The molecule has 2 fully saturated rings. The van der Waals surface area contributed by atoms with Gasteiger partial charge in [0.05, 0.1) is 5.71 Å². The summed E-state index contributed by atoms with van der Waals surface area (Å²) in [6, 6.07) is 9.56. The molecular weight excluding hydrogens is 476 g/mol. The third-order valence-corrected chi connectivity index (χ3v) is 8.22. The summed E-state index contributed by atoms with van der Waals surface area (Å²) < 4.78 is 0.783. The topological polar surface area (TPSA) is 72.1 Å². The van der Waals surface area contributed by atoms with Gasteiger partial charge in [0.15, 0.2) is 6.20 Å². The Bertz CT molecular complexity index is 1100. The smallest absolute Gasteiger partial charge is 0.260 e. The van der Waals surface area contributed by atoms with Crippen molar-refractivity contribution < 1.29 is 14.4 Å². The molecule has 0 atom stereocenters. The van der Waals surface area contributed by atoms with Gasteiger partial charge in [-0.15, -0.1) is 0 Å². The molecule has 2 aliphatic heterocycles. The fraction of sp³-hybridized carbons (Fsp3) is 0.536. The van der Waals surface area contributed by atoms with Crippen molar-refractivity contribution in [1.29, 1.82) is 0 Å². The standard InChI is InChI=1S/C28H37ClN4O3/c1-5-36-30-26(22-6-8-24(29)9-7-22)23-11-15-32(16-12-23)28(4)13-18-31(19-14-28)27(34)25-20(2)10-17-33(35)21(25)3/h6-10,17,23H,5,11-16,18-19H2,1-4H3/b30-26-. The second-order valence-electron chi connectivity index (χ2n) is 10.2. The van der Waals surface area contributed by atoms with E-state index in [1.165, 1.54) is 6.20 Å². The Balaban J connectivity index is 1.38. The maximum atomic E-state index is 13.3. The number of rotatable bonds is 6. The lowest BCUT2D eigenvalue weighted by Crippen LogP contribution is -2.57. The highest BCUT2D eigenvalue weighted by molar-refractivity contribution is 6.30. The van der Waals surface area contributed by atoms with E-state index in [4.69, 9.17) is 16.4 Å². The van der Waals surface area contributed by atoms with Gasteiger partial charge in [0, 0.05) is 42.6 Å². The lowest BCUT2D eigenvalue weighted by atomic mass is 9.82. The molecule has 8 heteroatoms. The molecule has 7 nitrogen and oxygen atoms in total. The highest BCUT2D eigenvalue weighted by atomic mass is 35.5. The van der Waals surface area contributed by atoms with Crippen LogP contribution in [0.15, 0.2) is 41.7 Å². The van der Waals surface area contributed by atoms with Crippen LogP contribution in [0.4, 0.5) is 0 Å². The zero-order valence-corrected chi connectivity index (χ0v) is 22.6. The van der Waals surface area contributed by atoms with Gasteiger partial charge >= 0.3 is 0 Å². The number of carbonyl (C=O) groups excluding carboxylic acids is 1. The van der Waals surface area contributed by atoms with Crippen LogP contribution in [0.1, 0.15) is 66.7 Å². The molecule has 0 saturated carbocycles. The van der Waals surface area contributed by atoms with Crippen LogP contribution in [0, 0.1) is 25.0 Å². The minimum Gasteiger partial charge on any atom is -0.618 e. The molecule has 1 aromatic heterocycles. The van der Waals surface area contributed by atoms with E-state index >= 15 is 0 Å². The normalized spacial score (nSPS) is 19.4. The van der Waals surface area contributed by atoms with E-state index in [-0.39, 0.29) is 11.4 Å². The van der Waals surface area contributed by atoms with E-state index in [1.54, 1.807) is 13.0 Å². The Labute approximate surface area is 219 Å². The number of nitrogens with zero attached hydrogens (tertiary/aromatic N) is 4. The summed E-state index contributed by atoms with van der Waals surface area (Å²) in [5, 5.41) is 17.2. The molecule has 1 aromatic carbocycles. The lowest BCUT2D eigenvalue weighted by molar-refractivity contribution is -0.612. The zero-order chi connectivity index (χ0) is 25.9. The fourth-order valence-corrected chi connectivity index (χ4v) is 5.70. The van der Waals surface area contributed by atoms with Crippen molar-refractivity contribution >= 4 is 23.2 Å². The van der Waals surface area contributed by atoms with Crippen molar-refractivity contribution in [1.82, 2.24) is 9.80 Å². The minimum atomic E-state index is -0.0318. The Morgan fingerprint density at radius 1 is 1.14 bits per heavy atom. The second-order valence-corrected chi connectivity index (χ2v) is 10.7. The van der Waals surface area contributed by atoms with Crippen molar-refractivity contribution in [2.24, 2.45) is 11.1 Å². The van der Waals surface area contributed by atoms with Gasteiger partial charge in [0.25, 0.3) is 5.91 Å². The molecule has 2 saturated heterocycles. The first kappa shape index (κ1) is 26.4. The number of benzene rings is 1. The summed E-state index contributed by atoms with van der Waals surface area (Å²) in [6.45, 7) is 11.8. The number of likely N-dealkylation sites (tertiary alicyclic amines) is 2. The van der Waals surface area contributed by atoms with E-state index in [1.807, 2.05) is 43.0 Å².